The SMILES string of the molecule is CCCNc1ncc(C)c(NC2CCC(C)CC2)n1. The van der Waals surface area contributed by atoms with E-state index in [2.05, 4.69) is 41.4 Å². The van der Waals surface area contributed by atoms with Gasteiger partial charge in [-0.15, -0.1) is 0 Å². The Morgan fingerprint density at radius 3 is 2.68 bits per heavy atom. The van der Waals surface area contributed by atoms with Crippen LogP contribution in [-0.2, 0) is 0 Å². The zero-order valence-corrected chi connectivity index (χ0v) is 12.4. The maximum Gasteiger partial charge on any atom is 0.224 e. The van der Waals surface area contributed by atoms with Crippen LogP contribution in [0, 0.1) is 12.8 Å². The van der Waals surface area contributed by atoms with Crippen molar-refractivity contribution in [2.75, 3.05) is 17.2 Å². The molecule has 0 unspecified atom stereocenters. The second kappa shape index (κ2) is 6.73. The van der Waals surface area contributed by atoms with Crippen molar-refractivity contribution in [3.05, 3.63) is 11.8 Å². The van der Waals surface area contributed by atoms with E-state index in [1.807, 2.05) is 6.20 Å². The zero-order valence-electron chi connectivity index (χ0n) is 12.4. The van der Waals surface area contributed by atoms with Gasteiger partial charge >= 0.3 is 0 Å². The number of hydrogen-bond acceptors (Lipinski definition) is 4. The summed E-state index contributed by atoms with van der Waals surface area (Å²) >= 11 is 0. The maximum atomic E-state index is 4.59. The lowest BCUT2D eigenvalue weighted by Crippen LogP contribution is -2.26. The number of aryl methyl sites for hydroxylation is 1. The lowest BCUT2D eigenvalue weighted by molar-refractivity contribution is 0.360. The first-order valence-corrected chi connectivity index (χ1v) is 7.53. The largest absolute Gasteiger partial charge is 0.367 e. The van der Waals surface area contributed by atoms with E-state index in [0.29, 0.717) is 6.04 Å². The van der Waals surface area contributed by atoms with Crippen LogP contribution in [0.1, 0.15) is 51.5 Å². The Hall–Kier alpha value is -1.32. The lowest BCUT2D eigenvalue weighted by Gasteiger charge is -2.27. The first-order valence-electron chi connectivity index (χ1n) is 7.53. The minimum atomic E-state index is 0.573. The molecule has 0 atom stereocenters. The van der Waals surface area contributed by atoms with Crippen molar-refractivity contribution in [1.29, 1.82) is 0 Å². The first-order chi connectivity index (χ1) is 9.19. The minimum absolute atomic E-state index is 0.573. The predicted molar refractivity (Wildman–Crippen MR) is 80.6 cm³/mol. The van der Waals surface area contributed by atoms with Gasteiger partial charge in [0.15, 0.2) is 0 Å². The van der Waals surface area contributed by atoms with Crippen LogP contribution in [0.5, 0.6) is 0 Å². The molecular formula is C15H26N4. The molecule has 1 saturated carbocycles. The molecule has 0 aromatic carbocycles. The Labute approximate surface area is 116 Å². The minimum Gasteiger partial charge on any atom is -0.367 e. The van der Waals surface area contributed by atoms with Gasteiger partial charge < -0.3 is 10.6 Å². The van der Waals surface area contributed by atoms with Gasteiger partial charge in [-0.2, -0.15) is 4.98 Å². The van der Waals surface area contributed by atoms with Crippen LogP contribution in [0.4, 0.5) is 11.8 Å². The molecule has 4 nitrogen and oxygen atoms in total. The molecule has 2 N–H and O–H groups in total. The van der Waals surface area contributed by atoms with E-state index >= 15 is 0 Å². The molecule has 0 radical (unpaired) electrons. The van der Waals surface area contributed by atoms with Crippen molar-refractivity contribution < 1.29 is 0 Å². The molecule has 1 fully saturated rings. The van der Waals surface area contributed by atoms with E-state index in [9.17, 15) is 0 Å². The summed E-state index contributed by atoms with van der Waals surface area (Å²) in [5, 5.41) is 6.84. The van der Waals surface area contributed by atoms with E-state index < -0.39 is 0 Å². The normalized spacial score (nSPS) is 23.1. The quantitative estimate of drug-likeness (QED) is 0.851. The molecule has 1 aromatic rings. The summed E-state index contributed by atoms with van der Waals surface area (Å²) in [5.74, 6) is 2.61. The topological polar surface area (TPSA) is 49.8 Å². The number of nitrogens with one attached hydrogen (secondary N) is 2. The second-order valence-electron chi connectivity index (χ2n) is 5.75. The fourth-order valence-electron chi connectivity index (χ4n) is 2.51. The van der Waals surface area contributed by atoms with Crippen LogP contribution in [0.15, 0.2) is 6.20 Å². The Morgan fingerprint density at radius 2 is 2.00 bits per heavy atom. The van der Waals surface area contributed by atoms with E-state index in [0.717, 1.165) is 36.2 Å². The van der Waals surface area contributed by atoms with Crippen LogP contribution >= 0.6 is 0 Å². The Bertz CT molecular complexity index is 397. The second-order valence-corrected chi connectivity index (χ2v) is 5.75. The van der Waals surface area contributed by atoms with Gasteiger partial charge in [-0.05, 0) is 44.9 Å². The van der Waals surface area contributed by atoms with Crippen molar-refractivity contribution in [2.24, 2.45) is 5.92 Å². The number of nitrogens with zero attached hydrogens (tertiary/aromatic N) is 2. The van der Waals surface area contributed by atoms with Crippen molar-refractivity contribution in [3.8, 4) is 0 Å². The van der Waals surface area contributed by atoms with Crippen molar-refractivity contribution in [3.63, 3.8) is 0 Å². The van der Waals surface area contributed by atoms with Gasteiger partial charge in [-0.3, -0.25) is 0 Å². The van der Waals surface area contributed by atoms with Gasteiger partial charge in [0.05, 0.1) is 0 Å². The molecule has 19 heavy (non-hydrogen) atoms. The van der Waals surface area contributed by atoms with Crippen molar-refractivity contribution in [1.82, 2.24) is 9.97 Å². The summed E-state index contributed by atoms with van der Waals surface area (Å²) < 4.78 is 0. The van der Waals surface area contributed by atoms with Crippen LogP contribution < -0.4 is 10.6 Å². The standard InChI is InChI=1S/C15H26N4/c1-4-9-16-15-17-10-12(3)14(19-15)18-13-7-5-11(2)6-8-13/h10-11,13H,4-9H2,1-3H3,(H2,16,17,18,19). The molecule has 1 aromatic heterocycles. The number of aromatic nitrogens is 2. The monoisotopic (exact) mass is 262 g/mol. The molecule has 2 rings (SSSR count). The van der Waals surface area contributed by atoms with Gasteiger partial charge in [0, 0.05) is 24.3 Å². The van der Waals surface area contributed by atoms with E-state index in [4.69, 9.17) is 0 Å². The summed E-state index contributed by atoms with van der Waals surface area (Å²) in [6, 6.07) is 0.573. The summed E-state index contributed by atoms with van der Waals surface area (Å²) in [6.45, 7) is 7.48. The molecule has 1 heterocycles. The Balaban J connectivity index is 1.98. The van der Waals surface area contributed by atoms with Crippen LogP contribution in [0.25, 0.3) is 0 Å². The molecule has 0 bridgehead atoms. The van der Waals surface area contributed by atoms with E-state index in [1.54, 1.807) is 0 Å². The molecule has 4 heteroatoms. The van der Waals surface area contributed by atoms with Gasteiger partial charge in [0.25, 0.3) is 0 Å². The first kappa shape index (κ1) is 14.1. The highest BCUT2D eigenvalue weighted by Crippen LogP contribution is 2.26. The fourth-order valence-corrected chi connectivity index (χ4v) is 2.51. The van der Waals surface area contributed by atoms with Gasteiger partial charge in [-0.1, -0.05) is 13.8 Å². The fraction of sp³-hybridized carbons (Fsp3) is 0.733. The van der Waals surface area contributed by atoms with Crippen molar-refractivity contribution >= 4 is 11.8 Å². The molecule has 0 amide bonds. The summed E-state index contributed by atoms with van der Waals surface area (Å²) in [7, 11) is 0. The molecule has 1 aliphatic carbocycles. The van der Waals surface area contributed by atoms with E-state index in [1.165, 1.54) is 25.7 Å². The molecule has 1 aliphatic rings. The van der Waals surface area contributed by atoms with Gasteiger partial charge in [0.2, 0.25) is 5.95 Å². The predicted octanol–water partition coefficient (Wildman–Crippen LogP) is 3.60. The summed E-state index contributed by atoms with van der Waals surface area (Å²) in [5.41, 5.74) is 1.13. The van der Waals surface area contributed by atoms with Crippen LogP contribution in [0.3, 0.4) is 0 Å². The van der Waals surface area contributed by atoms with Gasteiger partial charge in [-0.25, -0.2) is 4.98 Å². The lowest BCUT2D eigenvalue weighted by atomic mass is 9.87. The molecule has 0 aliphatic heterocycles. The highest BCUT2D eigenvalue weighted by molar-refractivity contribution is 5.47. The smallest absolute Gasteiger partial charge is 0.224 e. The summed E-state index contributed by atoms with van der Waals surface area (Å²) in [6.07, 6.45) is 8.13. The highest BCUT2D eigenvalue weighted by atomic mass is 15.1. The zero-order chi connectivity index (χ0) is 13.7. The van der Waals surface area contributed by atoms with Crippen LogP contribution in [-0.4, -0.2) is 22.6 Å². The van der Waals surface area contributed by atoms with Crippen LogP contribution in [0.2, 0.25) is 0 Å². The maximum absolute atomic E-state index is 4.59. The molecule has 0 spiro atoms. The molecule has 106 valence electrons. The van der Waals surface area contributed by atoms with Gasteiger partial charge in [0.1, 0.15) is 5.82 Å². The number of rotatable bonds is 5. The average Bonchev–Trinajstić information content (AvgIpc) is 2.42. The third-order valence-electron chi connectivity index (χ3n) is 3.86. The highest BCUT2D eigenvalue weighted by Gasteiger charge is 2.19. The third kappa shape index (κ3) is 4.08. The Kier molecular flexibility index (Phi) is 5.00. The van der Waals surface area contributed by atoms with E-state index in [-0.39, 0.29) is 0 Å². The van der Waals surface area contributed by atoms with Crippen molar-refractivity contribution in [2.45, 2.75) is 58.9 Å². The molecule has 0 saturated heterocycles. The summed E-state index contributed by atoms with van der Waals surface area (Å²) in [4.78, 5) is 8.91. The Morgan fingerprint density at radius 1 is 1.26 bits per heavy atom. The molecular weight excluding hydrogens is 236 g/mol. The number of hydrogen-bond donors (Lipinski definition) is 2. The average molecular weight is 262 g/mol. The number of anilines is 2. The third-order valence-corrected chi connectivity index (χ3v) is 3.86.